The predicted molar refractivity (Wildman–Crippen MR) is 62.5 cm³/mol. The Hall–Kier alpha value is -1.22. The Morgan fingerprint density at radius 3 is 3.20 bits per heavy atom. The first-order valence-electron chi connectivity index (χ1n) is 5.58. The summed E-state index contributed by atoms with van der Waals surface area (Å²) in [5.74, 6) is 0.938. The van der Waals surface area contributed by atoms with Crippen LogP contribution in [0.3, 0.4) is 0 Å². The molecule has 1 aromatic carbocycles. The quantitative estimate of drug-likeness (QED) is 0.789. The molecule has 82 valence electrons. The van der Waals surface area contributed by atoms with Crippen molar-refractivity contribution in [3.8, 4) is 5.75 Å². The maximum Gasteiger partial charge on any atom is 0.121 e. The van der Waals surface area contributed by atoms with Crippen molar-refractivity contribution >= 4 is 5.69 Å². The van der Waals surface area contributed by atoms with Crippen LogP contribution in [0.25, 0.3) is 0 Å². The zero-order valence-corrected chi connectivity index (χ0v) is 9.12. The summed E-state index contributed by atoms with van der Waals surface area (Å²) in [5.41, 5.74) is 1.15. The molecule has 0 radical (unpaired) electrons. The molecule has 0 saturated carbocycles. The van der Waals surface area contributed by atoms with Crippen LogP contribution in [0.4, 0.5) is 5.69 Å². The normalized spacial score (nSPS) is 20.2. The number of rotatable bonds is 4. The molecular formula is C12H18N2O. The van der Waals surface area contributed by atoms with Gasteiger partial charge in [-0.25, -0.2) is 0 Å². The molecule has 0 amide bonds. The van der Waals surface area contributed by atoms with Gasteiger partial charge in [0, 0.05) is 24.3 Å². The van der Waals surface area contributed by atoms with Gasteiger partial charge in [-0.3, -0.25) is 0 Å². The first kappa shape index (κ1) is 10.3. The van der Waals surface area contributed by atoms with Crippen LogP contribution >= 0.6 is 0 Å². The van der Waals surface area contributed by atoms with E-state index in [1.165, 1.54) is 6.42 Å². The summed E-state index contributed by atoms with van der Waals surface area (Å²) in [7, 11) is 0. The van der Waals surface area contributed by atoms with E-state index in [-0.39, 0.29) is 0 Å². The van der Waals surface area contributed by atoms with Gasteiger partial charge in [0.1, 0.15) is 5.75 Å². The van der Waals surface area contributed by atoms with Crippen molar-refractivity contribution in [3.05, 3.63) is 24.3 Å². The van der Waals surface area contributed by atoms with E-state index in [9.17, 15) is 0 Å². The van der Waals surface area contributed by atoms with Crippen LogP contribution in [0.2, 0.25) is 0 Å². The van der Waals surface area contributed by atoms with Gasteiger partial charge in [-0.05, 0) is 32.0 Å². The molecule has 2 N–H and O–H groups in total. The highest BCUT2D eigenvalue weighted by atomic mass is 16.5. The van der Waals surface area contributed by atoms with Crippen molar-refractivity contribution in [2.24, 2.45) is 0 Å². The molecule has 1 saturated heterocycles. The van der Waals surface area contributed by atoms with Crippen LogP contribution in [0.15, 0.2) is 24.3 Å². The first-order valence-corrected chi connectivity index (χ1v) is 5.58. The third kappa shape index (κ3) is 2.86. The van der Waals surface area contributed by atoms with E-state index in [1.54, 1.807) is 0 Å². The Labute approximate surface area is 90.8 Å². The molecule has 1 aliphatic rings. The molecule has 0 aliphatic carbocycles. The molecule has 1 aromatic rings. The van der Waals surface area contributed by atoms with Crippen molar-refractivity contribution in [1.29, 1.82) is 0 Å². The Morgan fingerprint density at radius 1 is 1.53 bits per heavy atom. The Bertz CT molecular complexity index is 308. The largest absolute Gasteiger partial charge is 0.494 e. The van der Waals surface area contributed by atoms with E-state index in [2.05, 4.69) is 22.8 Å². The molecule has 0 aromatic heterocycles. The summed E-state index contributed by atoms with van der Waals surface area (Å²) in [6.07, 6.45) is 1.19. The van der Waals surface area contributed by atoms with Gasteiger partial charge in [0.25, 0.3) is 0 Å². The van der Waals surface area contributed by atoms with E-state index in [0.29, 0.717) is 12.6 Å². The third-order valence-electron chi connectivity index (χ3n) is 2.58. The highest BCUT2D eigenvalue weighted by molar-refractivity contribution is 5.49. The number of hydrogen-bond donors (Lipinski definition) is 2. The van der Waals surface area contributed by atoms with E-state index < -0.39 is 0 Å². The number of benzene rings is 1. The van der Waals surface area contributed by atoms with Gasteiger partial charge in [0.05, 0.1) is 6.61 Å². The minimum absolute atomic E-state index is 0.557. The third-order valence-corrected chi connectivity index (χ3v) is 2.58. The highest BCUT2D eigenvalue weighted by Gasteiger charge is 2.13. The second-order valence-electron chi connectivity index (χ2n) is 3.79. The second kappa shape index (κ2) is 5.03. The smallest absolute Gasteiger partial charge is 0.121 e. The fourth-order valence-electron chi connectivity index (χ4n) is 1.86. The molecule has 1 unspecified atom stereocenters. The maximum absolute atomic E-state index is 5.46. The molecule has 3 heteroatoms. The minimum Gasteiger partial charge on any atom is -0.494 e. The lowest BCUT2D eigenvalue weighted by molar-refractivity contribution is 0.340. The molecule has 1 heterocycles. The van der Waals surface area contributed by atoms with Crippen molar-refractivity contribution in [3.63, 3.8) is 0 Å². The first-order chi connectivity index (χ1) is 7.38. The molecule has 1 atom stereocenters. The van der Waals surface area contributed by atoms with Crippen molar-refractivity contribution in [2.45, 2.75) is 19.4 Å². The van der Waals surface area contributed by atoms with Gasteiger partial charge in [0.2, 0.25) is 0 Å². The predicted octanol–water partition coefficient (Wildman–Crippen LogP) is 1.86. The highest BCUT2D eigenvalue weighted by Crippen LogP contribution is 2.18. The van der Waals surface area contributed by atoms with E-state index in [1.807, 2.05) is 19.1 Å². The zero-order valence-electron chi connectivity index (χ0n) is 9.12. The monoisotopic (exact) mass is 206 g/mol. The Morgan fingerprint density at radius 2 is 2.47 bits per heavy atom. The SMILES string of the molecule is CCOc1cccc(NC2CCNC2)c1. The van der Waals surface area contributed by atoms with Crippen LogP contribution in [-0.2, 0) is 0 Å². The number of anilines is 1. The minimum atomic E-state index is 0.557. The number of nitrogens with one attached hydrogen (secondary N) is 2. The summed E-state index contributed by atoms with van der Waals surface area (Å²) < 4.78 is 5.46. The van der Waals surface area contributed by atoms with Gasteiger partial charge in [0.15, 0.2) is 0 Å². The Kier molecular flexibility index (Phi) is 3.45. The lowest BCUT2D eigenvalue weighted by Gasteiger charge is -2.13. The van der Waals surface area contributed by atoms with Crippen LogP contribution in [0, 0.1) is 0 Å². The van der Waals surface area contributed by atoms with E-state index in [4.69, 9.17) is 4.74 Å². The van der Waals surface area contributed by atoms with Crippen LogP contribution in [0.1, 0.15) is 13.3 Å². The van der Waals surface area contributed by atoms with Crippen molar-refractivity contribution < 1.29 is 4.74 Å². The van der Waals surface area contributed by atoms with Gasteiger partial charge in [-0.2, -0.15) is 0 Å². The average Bonchev–Trinajstić information content (AvgIpc) is 2.71. The fraction of sp³-hybridized carbons (Fsp3) is 0.500. The molecule has 0 bridgehead atoms. The number of ether oxygens (including phenoxy) is 1. The van der Waals surface area contributed by atoms with E-state index >= 15 is 0 Å². The van der Waals surface area contributed by atoms with Gasteiger partial charge < -0.3 is 15.4 Å². The van der Waals surface area contributed by atoms with Crippen molar-refractivity contribution in [2.75, 3.05) is 25.0 Å². The maximum atomic E-state index is 5.46. The van der Waals surface area contributed by atoms with Crippen LogP contribution < -0.4 is 15.4 Å². The van der Waals surface area contributed by atoms with Gasteiger partial charge >= 0.3 is 0 Å². The number of hydrogen-bond acceptors (Lipinski definition) is 3. The van der Waals surface area contributed by atoms with E-state index in [0.717, 1.165) is 24.5 Å². The summed E-state index contributed by atoms with van der Waals surface area (Å²) in [4.78, 5) is 0. The fourth-order valence-corrected chi connectivity index (χ4v) is 1.86. The summed E-state index contributed by atoms with van der Waals surface area (Å²) >= 11 is 0. The molecule has 1 fully saturated rings. The van der Waals surface area contributed by atoms with Crippen LogP contribution in [-0.4, -0.2) is 25.7 Å². The second-order valence-corrected chi connectivity index (χ2v) is 3.79. The summed E-state index contributed by atoms with van der Waals surface area (Å²) in [5, 5.41) is 6.84. The van der Waals surface area contributed by atoms with Gasteiger partial charge in [-0.15, -0.1) is 0 Å². The zero-order chi connectivity index (χ0) is 10.5. The van der Waals surface area contributed by atoms with Gasteiger partial charge in [-0.1, -0.05) is 6.07 Å². The molecule has 1 aliphatic heterocycles. The Balaban J connectivity index is 1.97. The lowest BCUT2D eigenvalue weighted by atomic mass is 10.2. The topological polar surface area (TPSA) is 33.3 Å². The molecule has 3 nitrogen and oxygen atoms in total. The molecule has 2 rings (SSSR count). The summed E-state index contributed by atoms with van der Waals surface area (Å²) in [6, 6.07) is 8.71. The van der Waals surface area contributed by atoms with Crippen LogP contribution in [0.5, 0.6) is 5.75 Å². The molecule has 0 spiro atoms. The molecular weight excluding hydrogens is 188 g/mol. The summed E-state index contributed by atoms with van der Waals surface area (Å²) in [6.45, 7) is 4.89. The van der Waals surface area contributed by atoms with Crippen molar-refractivity contribution in [1.82, 2.24) is 5.32 Å². The average molecular weight is 206 g/mol. The molecule has 15 heavy (non-hydrogen) atoms. The lowest BCUT2D eigenvalue weighted by Crippen LogP contribution is -2.21. The standard InChI is InChI=1S/C12H18N2O/c1-2-15-12-5-3-4-10(8-12)14-11-6-7-13-9-11/h3-5,8,11,13-14H,2,6-7,9H2,1H3.